The van der Waals surface area contributed by atoms with E-state index in [1.165, 1.54) is 22.3 Å². The number of hydrogen-bond donors (Lipinski definition) is 1. The maximum Gasteiger partial charge on any atom is 0.296 e. The molecule has 1 N–H and O–H groups in total. The van der Waals surface area contributed by atoms with Gasteiger partial charge in [-0.3, -0.25) is 9.36 Å². The van der Waals surface area contributed by atoms with Gasteiger partial charge < -0.3 is 10.2 Å². The molecule has 1 saturated carbocycles. The normalized spacial score (nSPS) is 21.6. The van der Waals surface area contributed by atoms with E-state index < -0.39 is 17.2 Å². The zero-order chi connectivity index (χ0) is 24.2. The molecule has 3 heterocycles. The average molecular weight is 474 g/mol. The lowest BCUT2D eigenvalue weighted by Crippen LogP contribution is -2.33. The summed E-state index contributed by atoms with van der Waals surface area (Å²) < 4.78 is 31.4. The Morgan fingerprint density at radius 3 is 2.57 bits per heavy atom. The van der Waals surface area contributed by atoms with E-state index in [2.05, 4.69) is 10.3 Å². The number of hydrogen-bond acceptors (Lipinski definition) is 5. The Morgan fingerprint density at radius 1 is 1.11 bits per heavy atom. The van der Waals surface area contributed by atoms with Gasteiger partial charge in [-0.25, -0.2) is 9.37 Å². The van der Waals surface area contributed by atoms with Crippen LogP contribution in [0.15, 0.2) is 47.3 Å². The van der Waals surface area contributed by atoms with Crippen LogP contribution in [0, 0.1) is 28.4 Å². The molecule has 178 valence electrons. The van der Waals surface area contributed by atoms with Crippen molar-refractivity contribution in [3.8, 4) is 23.1 Å². The predicted molar refractivity (Wildman–Crippen MR) is 129 cm³/mol. The van der Waals surface area contributed by atoms with Gasteiger partial charge in [-0.15, -0.1) is 0 Å². The Kier molecular flexibility index (Phi) is 5.19. The Bertz CT molecular complexity index is 1400. The fraction of sp³-hybridized carbons (Fsp3) is 0.370. The van der Waals surface area contributed by atoms with Crippen LogP contribution in [-0.4, -0.2) is 35.7 Å². The first-order valence-corrected chi connectivity index (χ1v) is 12.1. The maximum absolute atomic E-state index is 15.6. The molecule has 6 rings (SSSR count). The Morgan fingerprint density at radius 2 is 1.91 bits per heavy atom. The summed E-state index contributed by atoms with van der Waals surface area (Å²) in [6.45, 7) is 3.01. The van der Waals surface area contributed by atoms with Gasteiger partial charge >= 0.3 is 0 Å². The molecule has 1 aromatic heterocycles. The van der Waals surface area contributed by atoms with Crippen LogP contribution >= 0.6 is 0 Å². The van der Waals surface area contributed by atoms with Gasteiger partial charge in [0.2, 0.25) is 5.82 Å². The first-order valence-electron chi connectivity index (χ1n) is 12.1. The van der Waals surface area contributed by atoms with Crippen LogP contribution in [0.4, 0.5) is 14.6 Å². The van der Waals surface area contributed by atoms with Gasteiger partial charge in [0.05, 0.1) is 11.3 Å². The summed E-state index contributed by atoms with van der Waals surface area (Å²) in [6, 6.07) is 13.4. The number of benzene rings is 2. The van der Waals surface area contributed by atoms with Crippen molar-refractivity contribution in [3.63, 3.8) is 0 Å². The summed E-state index contributed by atoms with van der Waals surface area (Å²) in [7, 11) is 0. The lowest BCUT2D eigenvalue weighted by Gasteiger charge is -2.24. The average Bonchev–Trinajstić information content (AvgIpc) is 3.49. The van der Waals surface area contributed by atoms with Crippen LogP contribution in [-0.2, 0) is 0 Å². The standard InChI is InChI=1S/C27H25F2N5O/c28-22-13-19(3-4-20(22)14-30)24-32-25(33-12-10-27(16-33)9-11-31-15-27)23(29)26(35)34(24)21-7-5-18(6-8-21)17-1-2-17/h3-8,13,17,31H,1-2,9-12,15-16H2. The van der Waals surface area contributed by atoms with Crippen LogP contribution in [0.2, 0.25) is 0 Å². The summed E-state index contributed by atoms with van der Waals surface area (Å²) >= 11 is 0. The molecule has 3 aromatic rings. The summed E-state index contributed by atoms with van der Waals surface area (Å²) in [5.74, 6) is -0.920. The van der Waals surface area contributed by atoms with Crippen LogP contribution in [0.3, 0.4) is 0 Å². The van der Waals surface area contributed by atoms with Crippen molar-refractivity contribution >= 4 is 5.82 Å². The number of nitrogens with zero attached hydrogens (tertiary/aromatic N) is 4. The summed E-state index contributed by atoms with van der Waals surface area (Å²) in [5, 5.41) is 12.5. The largest absolute Gasteiger partial charge is 0.353 e. The SMILES string of the molecule is N#Cc1ccc(-c2nc(N3CCC4(CCNC4)C3)c(F)c(=O)n2-c2ccc(C3CC3)cc2)cc1F. The molecule has 0 amide bonds. The van der Waals surface area contributed by atoms with E-state index >= 15 is 4.39 Å². The lowest BCUT2D eigenvalue weighted by atomic mass is 9.87. The molecule has 35 heavy (non-hydrogen) atoms. The molecule has 3 aliphatic rings. The fourth-order valence-corrected chi connectivity index (χ4v) is 5.45. The summed E-state index contributed by atoms with van der Waals surface area (Å²) in [4.78, 5) is 19.9. The highest BCUT2D eigenvalue weighted by atomic mass is 19.1. The predicted octanol–water partition coefficient (Wildman–Crippen LogP) is 4.12. The molecule has 1 spiro atoms. The monoisotopic (exact) mass is 473 g/mol. The van der Waals surface area contributed by atoms with Gasteiger partial charge in [0.15, 0.2) is 5.82 Å². The number of aromatic nitrogens is 2. The van der Waals surface area contributed by atoms with Crippen LogP contribution in [0.1, 0.15) is 42.7 Å². The molecule has 1 aliphatic carbocycles. The van der Waals surface area contributed by atoms with Crippen molar-refractivity contribution in [2.24, 2.45) is 5.41 Å². The Labute approximate surface area is 201 Å². The first-order chi connectivity index (χ1) is 17.0. The lowest BCUT2D eigenvalue weighted by molar-refractivity contribution is 0.369. The second-order valence-corrected chi connectivity index (χ2v) is 9.98. The van der Waals surface area contributed by atoms with Gasteiger partial charge in [-0.05, 0) is 74.0 Å². The van der Waals surface area contributed by atoms with E-state index in [9.17, 15) is 9.18 Å². The highest BCUT2D eigenvalue weighted by Crippen LogP contribution is 2.41. The molecule has 2 aromatic carbocycles. The van der Waals surface area contributed by atoms with Gasteiger partial charge in [0.25, 0.3) is 5.56 Å². The molecule has 1 atom stereocenters. The van der Waals surface area contributed by atoms with E-state index in [1.807, 2.05) is 23.1 Å². The van der Waals surface area contributed by atoms with Crippen molar-refractivity contribution < 1.29 is 8.78 Å². The van der Waals surface area contributed by atoms with E-state index in [1.54, 1.807) is 18.2 Å². The number of anilines is 1. The Hall–Kier alpha value is -3.57. The molecule has 6 nitrogen and oxygen atoms in total. The highest BCUT2D eigenvalue weighted by molar-refractivity contribution is 5.63. The minimum Gasteiger partial charge on any atom is -0.353 e. The van der Waals surface area contributed by atoms with Gasteiger partial charge in [-0.2, -0.15) is 9.65 Å². The summed E-state index contributed by atoms with van der Waals surface area (Å²) in [5.41, 5.74) is 1.10. The number of nitrogens with one attached hydrogen (secondary N) is 1. The third-order valence-corrected chi connectivity index (χ3v) is 7.63. The van der Waals surface area contributed by atoms with Gasteiger partial charge in [-0.1, -0.05) is 12.1 Å². The van der Waals surface area contributed by atoms with E-state index in [-0.39, 0.29) is 22.6 Å². The number of halogens is 2. The van der Waals surface area contributed by atoms with Gasteiger partial charge in [0, 0.05) is 30.6 Å². The van der Waals surface area contributed by atoms with E-state index in [4.69, 9.17) is 5.26 Å². The fourth-order valence-electron chi connectivity index (χ4n) is 5.45. The topological polar surface area (TPSA) is 74.0 Å². The van der Waals surface area contributed by atoms with Crippen molar-refractivity contribution in [2.45, 2.75) is 31.6 Å². The second-order valence-electron chi connectivity index (χ2n) is 9.98. The van der Waals surface area contributed by atoms with Crippen molar-refractivity contribution in [3.05, 3.63) is 75.6 Å². The third-order valence-electron chi connectivity index (χ3n) is 7.63. The molecule has 1 unspecified atom stereocenters. The minimum absolute atomic E-state index is 0.00407. The molecule has 2 aliphatic heterocycles. The van der Waals surface area contributed by atoms with Crippen LogP contribution < -0.4 is 15.8 Å². The molecule has 0 bridgehead atoms. The molecular weight excluding hydrogens is 448 g/mol. The summed E-state index contributed by atoms with van der Waals surface area (Å²) in [6.07, 6.45) is 4.19. The van der Waals surface area contributed by atoms with Crippen molar-refractivity contribution in [2.75, 3.05) is 31.1 Å². The van der Waals surface area contributed by atoms with Crippen molar-refractivity contribution in [1.29, 1.82) is 5.26 Å². The molecule has 0 radical (unpaired) electrons. The smallest absolute Gasteiger partial charge is 0.296 e. The zero-order valence-corrected chi connectivity index (χ0v) is 19.2. The second kappa shape index (κ2) is 8.28. The highest BCUT2D eigenvalue weighted by Gasteiger charge is 2.42. The molecular formula is C27H25F2N5O. The van der Waals surface area contributed by atoms with Crippen LogP contribution in [0.5, 0.6) is 0 Å². The third kappa shape index (κ3) is 3.80. The zero-order valence-electron chi connectivity index (χ0n) is 19.2. The van der Waals surface area contributed by atoms with E-state index in [0.717, 1.165) is 38.8 Å². The molecule has 3 fully saturated rings. The first kappa shape index (κ1) is 21.9. The number of nitriles is 1. The molecule has 2 saturated heterocycles. The van der Waals surface area contributed by atoms with Crippen molar-refractivity contribution in [1.82, 2.24) is 14.9 Å². The van der Waals surface area contributed by atoms with Gasteiger partial charge in [0.1, 0.15) is 17.7 Å². The maximum atomic E-state index is 15.6. The number of rotatable bonds is 4. The minimum atomic E-state index is -0.905. The van der Waals surface area contributed by atoms with Crippen LogP contribution in [0.25, 0.3) is 17.1 Å². The molecule has 8 heteroatoms. The van der Waals surface area contributed by atoms with E-state index in [0.29, 0.717) is 30.3 Å². The quantitative estimate of drug-likeness (QED) is 0.617. The Balaban J connectivity index is 1.50.